The molecule has 1 aliphatic carbocycles. The lowest BCUT2D eigenvalue weighted by molar-refractivity contribution is -0.146. The lowest BCUT2D eigenvalue weighted by atomic mass is 9.85. The number of methoxy groups -OCH3 is 1. The van der Waals surface area contributed by atoms with Crippen molar-refractivity contribution in [1.82, 2.24) is 9.88 Å². The van der Waals surface area contributed by atoms with Crippen LogP contribution in [0.15, 0.2) is 36.5 Å². The van der Waals surface area contributed by atoms with Crippen LogP contribution in [-0.2, 0) is 14.3 Å². The first-order valence-electron chi connectivity index (χ1n) is 9.64. The van der Waals surface area contributed by atoms with Crippen molar-refractivity contribution in [2.24, 2.45) is 5.92 Å². The van der Waals surface area contributed by atoms with Crippen molar-refractivity contribution in [2.45, 2.75) is 44.2 Å². The van der Waals surface area contributed by atoms with Crippen molar-refractivity contribution in [3.8, 4) is 0 Å². The zero-order valence-electron chi connectivity index (χ0n) is 15.6. The van der Waals surface area contributed by atoms with E-state index in [0.29, 0.717) is 12.0 Å². The van der Waals surface area contributed by atoms with Gasteiger partial charge in [-0.2, -0.15) is 0 Å². The van der Waals surface area contributed by atoms with Gasteiger partial charge in [0, 0.05) is 17.6 Å². The minimum Gasteiger partial charge on any atom is -0.468 e. The summed E-state index contributed by atoms with van der Waals surface area (Å²) in [6.45, 7) is 0.206. The fourth-order valence-corrected chi connectivity index (χ4v) is 4.72. The molecule has 1 saturated carbocycles. The second kappa shape index (κ2) is 7.64. The Hall–Kier alpha value is -2.47. The molecule has 1 amide bonds. The summed E-state index contributed by atoms with van der Waals surface area (Å²) in [6, 6.07) is 9.47. The van der Waals surface area contributed by atoms with E-state index in [0.717, 1.165) is 42.3 Å². The highest BCUT2D eigenvalue weighted by molar-refractivity contribution is 6.01. The van der Waals surface area contributed by atoms with Gasteiger partial charge >= 0.3 is 5.97 Å². The third-order valence-corrected chi connectivity index (χ3v) is 5.94. The normalized spacial score (nSPS) is 25.1. The number of rotatable bonds is 4. The number of likely N-dealkylation sites (tertiary alicyclic amines) is 1. The third-order valence-electron chi connectivity index (χ3n) is 5.94. The Morgan fingerprint density at radius 3 is 2.93 bits per heavy atom. The van der Waals surface area contributed by atoms with Crippen LogP contribution in [0, 0.1) is 5.92 Å². The first kappa shape index (κ1) is 17.9. The van der Waals surface area contributed by atoms with Crippen LogP contribution in [0.2, 0.25) is 0 Å². The van der Waals surface area contributed by atoms with E-state index >= 15 is 0 Å². The van der Waals surface area contributed by atoms with E-state index in [1.807, 2.05) is 30.3 Å². The number of esters is 1. The Morgan fingerprint density at radius 1 is 1.22 bits per heavy atom. The summed E-state index contributed by atoms with van der Waals surface area (Å²) in [4.78, 5) is 31.5. The van der Waals surface area contributed by atoms with Gasteiger partial charge in [0.1, 0.15) is 6.04 Å². The van der Waals surface area contributed by atoms with Gasteiger partial charge in [-0.3, -0.25) is 19.5 Å². The molecule has 0 radical (unpaired) electrons. The predicted molar refractivity (Wildman–Crippen MR) is 103 cm³/mol. The predicted octanol–water partition coefficient (Wildman–Crippen LogP) is 2.98. The summed E-state index contributed by atoms with van der Waals surface area (Å²) < 4.78 is 5.01. The van der Waals surface area contributed by atoms with Crippen molar-refractivity contribution in [2.75, 3.05) is 19.0 Å². The summed E-state index contributed by atoms with van der Waals surface area (Å²) in [5, 5.41) is 3.92. The number of pyridine rings is 1. The molecule has 0 bridgehead atoms. The number of carbonyl (C=O) groups is 2. The maximum Gasteiger partial charge on any atom is 0.323 e. The monoisotopic (exact) mass is 367 g/mol. The average Bonchev–Trinajstić information content (AvgIpc) is 3.06. The average molecular weight is 367 g/mol. The van der Waals surface area contributed by atoms with E-state index in [-0.39, 0.29) is 24.5 Å². The van der Waals surface area contributed by atoms with Crippen LogP contribution in [0.25, 0.3) is 10.9 Å². The fourth-order valence-electron chi connectivity index (χ4n) is 4.72. The van der Waals surface area contributed by atoms with Crippen molar-refractivity contribution in [1.29, 1.82) is 0 Å². The zero-order chi connectivity index (χ0) is 18.8. The number of hydrogen-bond acceptors (Lipinski definition) is 5. The van der Waals surface area contributed by atoms with Gasteiger partial charge in [0.05, 0.1) is 24.9 Å². The van der Waals surface area contributed by atoms with Crippen LogP contribution >= 0.6 is 0 Å². The van der Waals surface area contributed by atoms with E-state index in [1.54, 1.807) is 6.20 Å². The highest BCUT2D eigenvalue weighted by atomic mass is 16.5. The number of nitrogens with one attached hydrogen (secondary N) is 1. The largest absolute Gasteiger partial charge is 0.468 e. The molecular formula is C21H25N3O3. The highest BCUT2D eigenvalue weighted by Crippen LogP contribution is 2.39. The number of hydrogen-bond donors (Lipinski definition) is 1. The lowest BCUT2D eigenvalue weighted by Gasteiger charge is -2.32. The van der Waals surface area contributed by atoms with Crippen molar-refractivity contribution < 1.29 is 14.3 Å². The molecule has 142 valence electrons. The van der Waals surface area contributed by atoms with E-state index in [2.05, 4.69) is 15.2 Å². The van der Waals surface area contributed by atoms with Crippen LogP contribution in [-0.4, -0.2) is 47.5 Å². The van der Waals surface area contributed by atoms with Crippen molar-refractivity contribution >= 4 is 28.5 Å². The molecule has 6 heteroatoms. The minimum atomic E-state index is -0.317. The molecule has 2 heterocycles. The number of anilines is 1. The molecule has 0 spiro atoms. The molecule has 1 aromatic carbocycles. The minimum absolute atomic E-state index is 0.105. The first-order chi connectivity index (χ1) is 13.2. The topological polar surface area (TPSA) is 71.5 Å². The number of ether oxygens (including phenoxy) is 1. The SMILES string of the molecule is COC(=O)[C@@H]1C[C@H]2CCCC[C@H]2N1CC(=O)Nc1cccc2ncccc12. The molecule has 0 unspecified atom stereocenters. The smallest absolute Gasteiger partial charge is 0.323 e. The molecule has 2 aliphatic rings. The van der Waals surface area contributed by atoms with E-state index in [1.165, 1.54) is 13.5 Å². The van der Waals surface area contributed by atoms with Gasteiger partial charge in [-0.25, -0.2) is 0 Å². The van der Waals surface area contributed by atoms with Crippen molar-refractivity contribution in [3.63, 3.8) is 0 Å². The van der Waals surface area contributed by atoms with Crippen LogP contribution < -0.4 is 5.32 Å². The third kappa shape index (κ3) is 3.54. The van der Waals surface area contributed by atoms with E-state index < -0.39 is 0 Å². The zero-order valence-corrected chi connectivity index (χ0v) is 15.6. The molecule has 2 aromatic rings. The van der Waals surface area contributed by atoms with E-state index in [4.69, 9.17) is 4.74 Å². The molecule has 6 nitrogen and oxygen atoms in total. The lowest BCUT2D eigenvalue weighted by Crippen LogP contribution is -2.46. The Morgan fingerprint density at radius 2 is 2.07 bits per heavy atom. The van der Waals surface area contributed by atoms with Gasteiger partial charge in [0.25, 0.3) is 0 Å². The number of benzene rings is 1. The molecule has 1 aliphatic heterocycles. The number of fused-ring (bicyclic) bond motifs is 2. The number of amides is 1. The van der Waals surface area contributed by atoms with Gasteiger partial charge in [-0.1, -0.05) is 18.9 Å². The highest BCUT2D eigenvalue weighted by Gasteiger charge is 2.46. The quantitative estimate of drug-likeness (QED) is 0.841. The van der Waals surface area contributed by atoms with Gasteiger partial charge in [0.2, 0.25) is 5.91 Å². The van der Waals surface area contributed by atoms with Gasteiger partial charge in [-0.05, 0) is 49.4 Å². The van der Waals surface area contributed by atoms with E-state index in [9.17, 15) is 9.59 Å². The second-order valence-corrected chi connectivity index (χ2v) is 7.48. The molecule has 1 saturated heterocycles. The maximum atomic E-state index is 12.8. The maximum absolute atomic E-state index is 12.8. The van der Waals surface area contributed by atoms with Crippen LogP contribution in [0.1, 0.15) is 32.1 Å². The first-order valence-corrected chi connectivity index (χ1v) is 9.64. The molecule has 27 heavy (non-hydrogen) atoms. The van der Waals surface area contributed by atoms with Crippen LogP contribution in [0.3, 0.4) is 0 Å². The van der Waals surface area contributed by atoms with Crippen molar-refractivity contribution in [3.05, 3.63) is 36.5 Å². The Kier molecular flexibility index (Phi) is 5.07. The summed E-state index contributed by atoms with van der Waals surface area (Å²) >= 11 is 0. The second-order valence-electron chi connectivity index (χ2n) is 7.48. The Bertz CT molecular complexity index is 848. The summed E-state index contributed by atoms with van der Waals surface area (Å²) in [5.41, 5.74) is 1.59. The summed E-state index contributed by atoms with van der Waals surface area (Å²) in [7, 11) is 1.42. The summed E-state index contributed by atoms with van der Waals surface area (Å²) in [6.07, 6.45) is 7.07. The molecule has 2 fully saturated rings. The Balaban J connectivity index is 1.52. The fraction of sp³-hybridized carbons (Fsp3) is 0.476. The number of nitrogens with zero attached hydrogens (tertiary/aromatic N) is 2. The van der Waals surface area contributed by atoms with Gasteiger partial charge in [0.15, 0.2) is 0 Å². The number of carbonyl (C=O) groups excluding carboxylic acids is 2. The molecule has 3 atom stereocenters. The molecule has 1 aromatic heterocycles. The molecular weight excluding hydrogens is 342 g/mol. The standard InChI is InChI=1S/C21H25N3O3/c1-27-21(26)19-12-14-6-2-3-10-18(14)24(19)13-20(25)23-17-9-4-8-16-15(17)7-5-11-22-16/h4-5,7-9,11,14,18-19H,2-3,6,10,12-13H2,1H3,(H,23,25)/t14-,18-,19+/m1/s1. The van der Waals surface area contributed by atoms with Crippen LogP contribution in [0.4, 0.5) is 5.69 Å². The van der Waals surface area contributed by atoms with Gasteiger partial charge in [-0.15, -0.1) is 0 Å². The van der Waals surface area contributed by atoms with Crippen LogP contribution in [0.5, 0.6) is 0 Å². The molecule has 4 rings (SSSR count). The Labute approximate surface area is 158 Å². The number of aromatic nitrogens is 1. The summed E-state index contributed by atoms with van der Waals surface area (Å²) in [5.74, 6) is 0.149. The molecule has 1 N–H and O–H groups in total. The van der Waals surface area contributed by atoms with Gasteiger partial charge < -0.3 is 10.1 Å².